The summed E-state index contributed by atoms with van der Waals surface area (Å²) in [6.07, 6.45) is 0. The Morgan fingerprint density at radius 3 is 2.21 bits per heavy atom. The number of benzene rings is 1. The molecular weight excluding hydrogens is 400 g/mol. The fraction of sp³-hybridized carbons (Fsp3) is 0.200. The molecule has 0 saturated carbocycles. The number of allylic oxidation sites excluding steroid dienone is 1. The van der Waals surface area contributed by atoms with Gasteiger partial charge >= 0.3 is 35.3 Å². The van der Waals surface area contributed by atoms with Crippen LogP contribution >= 0.6 is 18.8 Å². The average molecular weight is 413 g/mol. The summed E-state index contributed by atoms with van der Waals surface area (Å²) < 4.78 is 0. The summed E-state index contributed by atoms with van der Waals surface area (Å²) >= 11 is -0.472. The molecule has 0 aliphatic rings. The second kappa shape index (κ2) is 8.35. The number of para-hydroxylation sites is 1. The van der Waals surface area contributed by atoms with Crippen LogP contribution in [0.4, 0.5) is 5.69 Å². The molecule has 0 amide bonds. The Morgan fingerprint density at radius 1 is 1.36 bits per heavy atom. The van der Waals surface area contributed by atoms with Crippen LogP contribution in [-0.2, 0) is 16.5 Å². The van der Waals surface area contributed by atoms with Crippen LogP contribution in [0.3, 0.4) is 0 Å². The maximum absolute atomic E-state index is 4.88. The van der Waals surface area contributed by atoms with E-state index in [9.17, 15) is 0 Å². The Kier molecular flexibility index (Phi) is 8.36. The number of nitrogens with one attached hydrogen (secondary N) is 1. The quantitative estimate of drug-likeness (QED) is 0.769. The van der Waals surface area contributed by atoms with Gasteiger partial charge in [-0.05, 0) is 24.1 Å². The summed E-state index contributed by atoms with van der Waals surface area (Å²) in [5.41, 5.74) is 3.42. The van der Waals surface area contributed by atoms with E-state index >= 15 is 0 Å². The molecule has 1 aromatic carbocycles. The third-order valence-electron chi connectivity index (χ3n) is 1.66. The van der Waals surface area contributed by atoms with E-state index in [2.05, 4.69) is 18.0 Å². The van der Waals surface area contributed by atoms with Gasteiger partial charge in [0.05, 0.1) is 0 Å². The second-order valence-electron chi connectivity index (χ2n) is 2.62. The van der Waals surface area contributed by atoms with Crippen LogP contribution in [0.2, 0.25) is 0 Å². The zero-order valence-electron chi connectivity index (χ0n) is 8.09. The Balaban J connectivity index is 0.000000500. The van der Waals surface area contributed by atoms with E-state index < -0.39 is 16.5 Å². The van der Waals surface area contributed by atoms with Crippen molar-refractivity contribution in [3.63, 3.8) is 0 Å². The fourth-order valence-corrected chi connectivity index (χ4v) is 1.07. The zero-order valence-corrected chi connectivity index (χ0v) is 11.9. The molecule has 82 valence electrons. The molecule has 0 radical (unpaired) electrons. The molecule has 0 aliphatic carbocycles. The Labute approximate surface area is 102 Å². The summed E-state index contributed by atoms with van der Waals surface area (Å²) in [5.74, 6) is 0. The zero-order chi connectivity index (χ0) is 11.0. The normalized spacial score (nSPS) is 8.86. The molecule has 0 aromatic heterocycles. The van der Waals surface area contributed by atoms with Gasteiger partial charge in [-0.3, -0.25) is 0 Å². The summed E-state index contributed by atoms with van der Waals surface area (Å²) in [7, 11) is 11.7. The Morgan fingerprint density at radius 2 is 1.86 bits per heavy atom. The standard InChI is InChI=1S/C10H13N.2ClH.Pt/c1-8(2)9-6-4-5-7-10(9)11-3;;;/h4-7,11H,1H2,2-3H3;2*1H;/q;;;+2/p-2. The SMILES string of the molecule is C=C(C)c1ccccc1NC.[Cl][Pt][Cl]. The van der Waals surface area contributed by atoms with E-state index in [1.807, 2.05) is 32.2 Å². The minimum absolute atomic E-state index is 0.472. The molecule has 0 heterocycles. The van der Waals surface area contributed by atoms with Crippen molar-refractivity contribution in [1.82, 2.24) is 0 Å². The van der Waals surface area contributed by atoms with Crippen molar-refractivity contribution in [2.45, 2.75) is 6.92 Å². The monoisotopic (exact) mass is 412 g/mol. The molecule has 1 aromatic rings. The van der Waals surface area contributed by atoms with E-state index in [0.29, 0.717) is 0 Å². The van der Waals surface area contributed by atoms with Crippen LogP contribution in [0, 0.1) is 0 Å². The Hall–Kier alpha value is 0.0283. The molecule has 0 fully saturated rings. The number of rotatable bonds is 2. The van der Waals surface area contributed by atoms with Crippen LogP contribution in [-0.4, -0.2) is 7.05 Å². The van der Waals surface area contributed by atoms with E-state index in [-0.39, 0.29) is 0 Å². The number of halogens is 2. The van der Waals surface area contributed by atoms with Gasteiger partial charge in [-0.2, -0.15) is 0 Å². The van der Waals surface area contributed by atoms with Gasteiger partial charge in [-0.25, -0.2) is 0 Å². The first-order valence-electron chi connectivity index (χ1n) is 3.92. The maximum atomic E-state index is 4.88. The molecule has 0 spiro atoms. The van der Waals surface area contributed by atoms with Crippen LogP contribution in [0.1, 0.15) is 12.5 Å². The molecule has 0 bridgehead atoms. The van der Waals surface area contributed by atoms with Crippen molar-refractivity contribution in [3.05, 3.63) is 36.4 Å². The van der Waals surface area contributed by atoms with Crippen LogP contribution in [0.5, 0.6) is 0 Å². The molecule has 0 atom stereocenters. The predicted molar refractivity (Wildman–Crippen MR) is 62.4 cm³/mol. The van der Waals surface area contributed by atoms with E-state index in [1.165, 1.54) is 5.56 Å². The van der Waals surface area contributed by atoms with Crippen LogP contribution in [0.25, 0.3) is 5.57 Å². The molecule has 0 unspecified atom stereocenters. The van der Waals surface area contributed by atoms with Crippen molar-refractivity contribution < 1.29 is 16.5 Å². The van der Waals surface area contributed by atoms with Gasteiger partial charge < -0.3 is 5.32 Å². The molecular formula is C10H13Cl2NPt. The third-order valence-corrected chi connectivity index (χ3v) is 1.66. The number of hydrogen-bond donors (Lipinski definition) is 1. The van der Waals surface area contributed by atoms with Gasteiger partial charge in [-0.1, -0.05) is 24.8 Å². The molecule has 1 N–H and O–H groups in total. The predicted octanol–water partition coefficient (Wildman–Crippen LogP) is 4.14. The van der Waals surface area contributed by atoms with Gasteiger partial charge in [0, 0.05) is 12.7 Å². The van der Waals surface area contributed by atoms with E-state index in [4.69, 9.17) is 18.8 Å². The molecule has 1 rings (SSSR count). The van der Waals surface area contributed by atoms with Gasteiger partial charge in [0.15, 0.2) is 0 Å². The average Bonchev–Trinajstić information content (AvgIpc) is 2.19. The number of anilines is 1. The summed E-state index contributed by atoms with van der Waals surface area (Å²) in [5, 5.41) is 3.12. The topological polar surface area (TPSA) is 12.0 Å². The second-order valence-corrected chi connectivity index (χ2v) is 5.90. The van der Waals surface area contributed by atoms with Gasteiger partial charge in [0.2, 0.25) is 0 Å². The van der Waals surface area contributed by atoms with Gasteiger partial charge in [0.25, 0.3) is 0 Å². The first-order chi connectivity index (χ1) is 6.67. The van der Waals surface area contributed by atoms with Gasteiger partial charge in [-0.15, -0.1) is 0 Å². The first kappa shape index (κ1) is 14.0. The third kappa shape index (κ3) is 5.05. The minimum atomic E-state index is -0.472. The van der Waals surface area contributed by atoms with Crippen LogP contribution < -0.4 is 5.32 Å². The summed E-state index contributed by atoms with van der Waals surface area (Å²) in [4.78, 5) is 0. The molecule has 0 aliphatic heterocycles. The fourth-order valence-electron chi connectivity index (χ4n) is 1.07. The molecule has 1 nitrogen and oxygen atoms in total. The van der Waals surface area contributed by atoms with E-state index in [1.54, 1.807) is 0 Å². The van der Waals surface area contributed by atoms with Crippen molar-refractivity contribution in [3.8, 4) is 0 Å². The first-order valence-corrected chi connectivity index (χ1v) is 9.55. The van der Waals surface area contributed by atoms with Crippen LogP contribution in [0.15, 0.2) is 30.8 Å². The summed E-state index contributed by atoms with van der Waals surface area (Å²) in [6, 6.07) is 8.14. The van der Waals surface area contributed by atoms with Gasteiger partial charge in [0.1, 0.15) is 0 Å². The van der Waals surface area contributed by atoms with Crippen molar-refractivity contribution in [2.24, 2.45) is 0 Å². The summed E-state index contributed by atoms with van der Waals surface area (Å²) in [6.45, 7) is 5.90. The van der Waals surface area contributed by atoms with Crippen molar-refractivity contribution in [2.75, 3.05) is 12.4 Å². The Bertz CT molecular complexity index is 289. The molecule has 0 saturated heterocycles. The molecule has 4 heteroatoms. The van der Waals surface area contributed by atoms with E-state index in [0.717, 1.165) is 11.3 Å². The van der Waals surface area contributed by atoms with Crippen molar-refractivity contribution in [1.29, 1.82) is 0 Å². The molecule has 14 heavy (non-hydrogen) atoms. The van der Waals surface area contributed by atoms with Crippen molar-refractivity contribution >= 4 is 30.1 Å². The number of hydrogen-bond acceptors (Lipinski definition) is 1.